The zero-order chi connectivity index (χ0) is 23.0. The first-order chi connectivity index (χ1) is 13.9. The van der Waals surface area contributed by atoms with E-state index in [2.05, 4.69) is 0 Å². The van der Waals surface area contributed by atoms with E-state index >= 15 is 0 Å². The number of amides is 1. The summed E-state index contributed by atoms with van der Waals surface area (Å²) in [7, 11) is 1.67. The maximum Gasteiger partial charge on any atom is 0.410 e. The maximum atomic E-state index is 11.8. The maximum absolute atomic E-state index is 11.8. The van der Waals surface area contributed by atoms with Gasteiger partial charge in [-0.25, -0.2) is 4.79 Å². The summed E-state index contributed by atoms with van der Waals surface area (Å²) >= 11 is 0. The molecule has 0 rings (SSSR count). The Kier molecular flexibility index (Phi) is 14.7. The van der Waals surface area contributed by atoms with Gasteiger partial charge in [0.1, 0.15) is 11.2 Å². The number of rotatable bonds is 15. The number of likely N-dealkylation sites (N-methyl/N-ethyl adjacent to an activating group) is 1. The third-order valence-corrected chi connectivity index (χ3v) is 3.26. The van der Waals surface area contributed by atoms with Crippen molar-refractivity contribution < 1.29 is 38.0 Å². The standard InChI is InChI=1S/C21H41NO8/c1-20(2,3)29-18(23)8-10-25-12-14-27-16-17-28-15-13-26-11-9-22(7)19(24)30-21(4,5)6/h8-17H2,1-7H3. The Balaban J connectivity index is 3.37. The van der Waals surface area contributed by atoms with Crippen molar-refractivity contribution in [1.29, 1.82) is 0 Å². The lowest BCUT2D eigenvalue weighted by Crippen LogP contribution is -2.36. The molecule has 1 amide bonds. The van der Waals surface area contributed by atoms with E-state index in [1.165, 1.54) is 4.90 Å². The number of nitrogens with zero attached hydrogens (tertiary/aromatic N) is 1. The summed E-state index contributed by atoms with van der Waals surface area (Å²) in [6.45, 7) is 14.8. The van der Waals surface area contributed by atoms with Gasteiger partial charge in [0.15, 0.2) is 0 Å². The quantitative estimate of drug-likeness (QED) is 0.286. The molecule has 0 spiro atoms. The van der Waals surface area contributed by atoms with Crippen molar-refractivity contribution in [2.45, 2.75) is 59.2 Å². The van der Waals surface area contributed by atoms with Crippen molar-refractivity contribution in [3.8, 4) is 0 Å². The van der Waals surface area contributed by atoms with Gasteiger partial charge in [-0.3, -0.25) is 4.79 Å². The van der Waals surface area contributed by atoms with Gasteiger partial charge in [0.25, 0.3) is 0 Å². The molecule has 0 aliphatic heterocycles. The number of esters is 1. The van der Waals surface area contributed by atoms with E-state index in [1.54, 1.807) is 7.05 Å². The number of hydrogen-bond acceptors (Lipinski definition) is 8. The van der Waals surface area contributed by atoms with Crippen LogP contribution in [-0.4, -0.2) is 94.6 Å². The minimum atomic E-state index is -0.506. The topological polar surface area (TPSA) is 92.8 Å². The molecule has 9 nitrogen and oxygen atoms in total. The molecule has 0 aliphatic rings. The second kappa shape index (κ2) is 15.4. The van der Waals surface area contributed by atoms with Gasteiger partial charge in [-0.1, -0.05) is 0 Å². The van der Waals surface area contributed by atoms with E-state index in [4.69, 9.17) is 28.4 Å². The summed E-state index contributed by atoms with van der Waals surface area (Å²) in [5.41, 5.74) is -0.976. The molecule has 0 aliphatic carbocycles. The Hall–Kier alpha value is -1.42. The van der Waals surface area contributed by atoms with Crippen molar-refractivity contribution in [2.75, 3.05) is 66.4 Å². The molecule has 0 heterocycles. The van der Waals surface area contributed by atoms with E-state index in [0.717, 1.165) is 0 Å². The predicted octanol–water partition coefficient (Wildman–Crippen LogP) is 2.65. The van der Waals surface area contributed by atoms with Gasteiger partial charge in [0, 0.05) is 13.6 Å². The molecule has 0 aromatic carbocycles. The minimum absolute atomic E-state index is 0.230. The third kappa shape index (κ3) is 19.9. The van der Waals surface area contributed by atoms with Crippen molar-refractivity contribution >= 4 is 12.1 Å². The molecule has 0 bridgehead atoms. The van der Waals surface area contributed by atoms with Crippen LogP contribution in [0.1, 0.15) is 48.0 Å². The first kappa shape index (κ1) is 28.6. The normalized spacial score (nSPS) is 12.0. The van der Waals surface area contributed by atoms with Crippen LogP contribution >= 0.6 is 0 Å². The molecule has 9 heteroatoms. The summed E-state index contributed by atoms with van der Waals surface area (Å²) < 4.78 is 32.0. The molecule has 0 aromatic heterocycles. The second-order valence-corrected chi connectivity index (χ2v) is 8.69. The summed E-state index contributed by atoms with van der Waals surface area (Å²) in [5.74, 6) is -0.268. The van der Waals surface area contributed by atoms with Gasteiger partial charge in [0.05, 0.1) is 59.3 Å². The van der Waals surface area contributed by atoms with Gasteiger partial charge >= 0.3 is 12.1 Å². The molecule has 0 atom stereocenters. The number of hydrogen-bond donors (Lipinski definition) is 0. The van der Waals surface area contributed by atoms with Crippen molar-refractivity contribution in [2.24, 2.45) is 0 Å². The summed E-state index contributed by atoms with van der Waals surface area (Å²) in [6.07, 6.45) is -0.137. The third-order valence-electron chi connectivity index (χ3n) is 3.26. The van der Waals surface area contributed by atoms with E-state index in [0.29, 0.717) is 59.4 Å². The molecular weight excluding hydrogens is 394 g/mol. The van der Waals surface area contributed by atoms with Gasteiger partial charge in [-0.05, 0) is 41.5 Å². The highest BCUT2D eigenvalue weighted by Gasteiger charge is 2.19. The van der Waals surface area contributed by atoms with Crippen LogP contribution in [0, 0.1) is 0 Å². The van der Waals surface area contributed by atoms with Crippen molar-refractivity contribution in [1.82, 2.24) is 4.90 Å². The lowest BCUT2D eigenvalue weighted by Gasteiger charge is -2.24. The van der Waals surface area contributed by atoms with Gasteiger partial charge < -0.3 is 33.3 Å². The second-order valence-electron chi connectivity index (χ2n) is 8.69. The Labute approximate surface area is 181 Å². The highest BCUT2D eigenvalue weighted by atomic mass is 16.6. The van der Waals surface area contributed by atoms with Crippen LogP contribution in [0.15, 0.2) is 0 Å². The molecular formula is C21H41NO8. The summed E-state index contributed by atoms with van der Waals surface area (Å²) in [6, 6.07) is 0. The average molecular weight is 436 g/mol. The van der Waals surface area contributed by atoms with E-state index in [-0.39, 0.29) is 18.5 Å². The molecule has 0 fully saturated rings. The Morgan fingerprint density at radius 3 is 1.47 bits per heavy atom. The highest BCUT2D eigenvalue weighted by Crippen LogP contribution is 2.09. The minimum Gasteiger partial charge on any atom is -0.460 e. The molecule has 0 saturated heterocycles. The average Bonchev–Trinajstić information content (AvgIpc) is 2.58. The summed E-state index contributed by atoms with van der Waals surface area (Å²) in [5, 5.41) is 0. The summed E-state index contributed by atoms with van der Waals surface area (Å²) in [4.78, 5) is 24.7. The molecule has 0 aromatic rings. The lowest BCUT2D eigenvalue weighted by atomic mass is 10.2. The molecule has 178 valence electrons. The molecule has 0 saturated carbocycles. The highest BCUT2D eigenvalue weighted by molar-refractivity contribution is 5.69. The van der Waals surface area contributed by atoms with Gasteiger partial charge in [0.2, 0.25) is 0 Å². The van der Waals surface area contributed by atoms with Crippen LogP contribution in [0.25, 0.3) is 0 Å². The fourth-order valence-corrected chi connectivity index (χ4v) is 1.94. The zero-order valence-electron chi connectivity index (χ0n) is 19.8. The van der Waals surface area contributed by atoms with E-state index in [1.807, 2.05) is 41.5 Å². The van der Waals surface area contributed by atoms with Crippen LogP contribution in [0.3, 0.4) is 0 Å². The van der Waals surface area contributed by atoms with Crippen LogP contribution in [0.4, 0.5) is 4.79 Å². The zero-order valence-corrected chi connectivity index (χ0v) is 19.8. The Morgan fingerprint density at radius 2 is 1.03 bits per heavy atom. The number of carbonyl (C=O) groups is 2. The Morgan fingerprint density at radius 1 is 0.633 bits per heavy atom. The van der Waals surface area contributed by atoms with E-state index in [9.17, 15) is 9.59 Å². The fraction of sp³-hybridized carbons (Fsp3) is 0.905. The van der Waals surface area contributed by atoms with Crippen LogP contribution in [0.2, 0.25) is 0 Å². The number of ether oxygens (including phenoxy) is 6. The van der Waals surface area contributed by atoms with Crippen LogP contribution in [0.5, 0.6) is 0 Å². The van der Waals surface area contributed by atoms with Crippen molar-refractivity contribution in [3.63, 3.8) is 0 Å². The SMILES string of the molecule is CN(CCOCCOCCOCCOCCC(=O)OC(C)(C)C)C(=O)OC(C)(C)C. The molecule has 30 heavy (non-hydrogen) atoms. The first-order valence-corrected chi connectivity index (χ1v) is 10.4. The van der Waals surface area contributed by atoms with Crippen LogP contribution in [-0.2, 0) is 33.2 Å². The smallest absolute Gasteiger partial charge is 0.410 e. The number of carbonyl (C=O) groups excluding carboxylic acids is 2. The molecule has 0 unspecified atom stereocenters. The van der Waals surface area contributed by atoms with Crippen molar-refractivity contribution in [3.05, 3.63) is 0 Å². The lowest BCUT2D eigenvalue weighted by molar-refractivity contribution is -0.156. The van der Waals surface area contributed by atoms with Gasteiger partial charge in [-0.2, -0.15) is 0 Å². The monoisotopic (exact) mass is 435 g/mol. The van der Waals surface area contributed by atoms with Crippen LogP contribution < -0.4 is 0 Å². The fourth-order valence-electron chi connectivity index (χ4n) is 1.94. The molecule has 0 radical (unpaired) electrons. The van der Waals surface area contributed by atoms with Gasteiger partial charge in [-0.15, -0.1) is 0 Å². The largest absolute Gasteiger partial charge is 0.460 e. The molecule has 0 N–H and O–H groups in total. The first-order valence-electron chi connectivity index (χ1n) is 10.4. The van der Waals surface area contributed by atoms with E-state index < -0.39 is 11.2 Å². The Bertz CT molecular complexity index is 471. The predicted molar refractivity (Wildman–Crippen MR) is 113 cm³/mol.